The molecule has 0 radical (unpaired) electrons. The summed E-state index contributed by atoms with van der Waals surface area (Å²) in [5.74, 6) is 1.15. The molecule has 0 bridgehead atoms. The van der Waals surface area contributed by atoms with Crippen molar-refractivity contribution < 1.29 is 4.79 Å². The number of hydrogen-bond donors (Lipinski definition) is 0. The van der Waals surface area contributed by atoms with Crippen molar-refractivity contribution in [2.45, 2.75) is 52.4 Å². The van der Waals surface area contributed by atoms with Crippen molar-refractivity contribution in [3.05, 3.63) is 28.5 Å². The van der Waals surface area contributed by atoms with Gasteiger partial charge >= 0.3 is 0 Å². The second-order valence-corrected chi connectivity index (χ2v) is 6.67. The summed E-state index contributed by atoms with van der Waals surface area (Å²) in [6.07, 6.45) is 4.75. The molecule has 0 aliphatic carbocycles. The summed E-state index contributed by atoms with van der Waals surface area (Å²) >= 11 is 6.06. The van der Waals surface area contributed by atoms with Crippen molar-refractivity contribution in [1.82, 2.24) is 9.88 Å². The van der Waals surface area contributed by atoms with E-state index in [1.165, 1.54) is 12.8 Å². The van der Waals surface area contributed by atoms with Gasteiger partial charge in [0, 0.05) is 24.3 Å². The highest BCUT2D eigenvalue weighted by molar-refractivity contribution is 6.29. The highest BCUT2D eigenvalue weighted by Gasteiger charge is 2.24. The number of halogens is 1. The third kappa shape index (κ3) is 4.19. The normalized spacial score (nSPS) is 16.5. The number of piperidine rings is 1. The molecule has 1 amide bonds. The van der Waals surface area contributed by atoms with Crippen LogP contribution in [0.4, 0.5) is 0 Å². The van der Waals surface area contributed by atoms with Gasteiger partial charge in [-0.1, -0.05) is 45.2 Å². The summed E-state index contributed by atoms with van der Waals surface area (Å²) in [7, 11) is 0. The Bertz CT molecular complexity index is 494. The van der Waals surface area contributed by atoms with Crippen molar-refractivity contribution in [3.63, 3.8) is 0 Å². The van der Waals surface area contributed by atoms with Crippen LogP contribution in [0.5, 0.6) is 0 Å². The maximum absolute atomic E-state index is 12.6. The quantitative estimate of drug-likeness (QED) is 0.767. The molecule has 1 fully saturated rings. The number of likely N-dealkylation sites (tertiary alicyclic amines) is 1. The molecule has 4 heteroatoms. The number of carbonyl (C=O) groups excluding carboxylic acids is 1. The van der Waals surface area contributed by atoms with E-state index < -0.39 is 0 Å². The van der Waals surface area contributed by atoms with E-state index in [-0.39, 0.29) is 11.8 Å². The monoisotopic (exact) mass is 308 g/mol. The average molecular weight is 309 g/mol. The molecule has 0 N–H and O–H groups in total. The second kappa shape index (κ2) is 7.26. The Labute approximate surface area is 132 Å². The predicted molar refractivity (Wildman–Crippen MR) is 86.9 cm³/mol. The minimum absolute atomic E-state index is 0.0937. The van der Waals surface area contributed by atoms with Crippen LogP contribution in [0.1, 0.15) is 68.4 Å². The Morgan fingerprint density at radius 1 is 1.38 bits per heavy atom. The zero-order valence-electron chi connectivity index (χ0n) is 13.2. The van der Waals surface area contributed by atoms with E-state index in [0.717, 1.165) is 37.5 Å². The third-order valence-corrected chi connectivity index (χ3v) is 4.44. The van der Waals surface area contributed by atoms with Crippen LogP contribution < -0.4 is 0 Å². The molecule has 0 aromatic carbocycles. The molecule has 1 aliphatic rings. The zero-order chi connectivity index (χ0) is 15.4. The van der Waals surface area contributed by atoms with Gasteiger partial charge in [-0.2, -0.15) is 0 Å². The lowest BCUT2D eigenvalue weighted by Crippen LogP contribution is -2.38. The summed E-state index contributed by atoms with van der Waals surface area (Å²) in [5, 5.41) is 0.408. The molecule has 2 heterocycles. The minimum atomic E-state index is 0.0937. The number of rotatable bonds is 4. The lowest BCUT2D eigenvalue weighted by atomic mass is 9.92. The first-order chi connectivity index (χ1) is 10.0. The zero-order valence-corrected chi connectivity index (χ0v) is 14.0. The SMILES string of the molecule is CCCC1CCN(C(=O)c2cc(Cl)nc(C(C)C)c2)CC1. The van der Waals surface area contributed by atoms with E-state index in [4.69, 9.17) is 11.6 Å². The smallest absolute Gasteiger partial charge is 0.254 e. The molecule has 1 aromatic rings. The van der Waals surface area contributed by atoms with E-state index in [1.54, 1.807) is 6.07 Å². The fourth-order valence-corrected chi connectivity index (χ4v) is 3.17. The van der Waals surface area contributed by atoms with E-state index >= 15 is 0 Å². The van der Waals surface area contributed by atoms with Crippen molar-refractivity contribution in [3.8, 4) is 0 Å². The lowest BCUT2D eigenvalue weighted by Gasteiger charge is -2.32. The second-order valence-electron chi connectivity index (χ2n) is 6.28. The van der Waals surface area contributed by atoms with E-state index in [2.05, 4.69) is 25.8 Å². The van der Waals surface area contributed by atoms with Crippen molar-refractivity contribution in [2.24, 2.45) is 5.92 Å². The van der Waals surface area contributed by atoms with Crippen molar-refractivity contribution in [2.75, 3.05) is 13.1 Å². The number of carbonyl (C=O) groups is 1. The van der Waals surface area contributed by atoms with Crippen LogP contribution in [0.3, 0.4) is 0 Å². The first kappa shape index (κ1) is 16.3. The molecule has 0 spiro atoms. The van der Waals surface area contributed by atoms with Gasteiger partial charge in [-0.3, -0.25) is 4.79 Å². The molecule has 1 aromatic heterocycles. The van der Waals surface area contributed by atoms with Gasteiger partial charge in [-0.25, -0.2) is 4.98 Å². The fraction of sp³-hybridized carbons (Fsp3) is 0.647. The van der Waals surface area contributed by atoms with Crippen LogP contribution in [0.15, 0.2) is 12.1 Å². The summed E-state index contributed by atoms with van der Waals surface area (Å²) in [6, 6.07) is 3.57. The average Bonchev–Trinajstić information content (AvgIpc) is 2.47. The third-order valence-electron chi connectivity index (χ3n) is 4.25. The molecule has 3 nitrogen and oxygen atoms in total. The van der Waals surface area contributed by atoms with Gasteiger partial charge in [0.25, 0.3) is 5.91 Å². The number of amides is 1. The number of pyridine rings is 1. The van der Waals surface area contributed by atoms with Gasteiger partial charge in [-0.05, 0) is 36.8 Å². The maximum Gasteiger partial charge on any atom is 0.254 e. The summed E-state index contributed by atoms with van der Waals surface area (Å²) in [5.41, 5.74) is 1.55. The Balaban J connectivity index is 2.07. The van der Waals surface area contributed by atoms with Crippen LogP contribution in [0.25, 0.3) is 0 Å². The summed E-state index contributed by atoms with van der Waals surface area (Å²) < 4.78 is 0. The van der Waals surface area contributed by atoms with E-state index in [1.807, 2.05) is 11.0 Å². The van der Waals surface area contributed by atoms with Crippen LogP contribution in [-0.4, -0.2) is 28.9 Å². The summed E-state index contributed by atoms with van der Waals surface area (Å²) in [6.45, 7) is 8.07. The topological polar surface area (TPSA) is 33.2 Å². The molecule has 0 atom stereocenters. The molecular weight excluding hydrogens is 284 g/mol. The molecule has 21 heavy (non-hydrogen) atoms. The van der Waals surface area contributed by atoms with Gasteiger partial charge in [-0.15, -0.1) is 0 Å². The highest BCUT2D eigenvalue weighted by atomic mass is 35.5. The lowest BCUT2D eigenvalue weighted by molar-refractivity contribution is 0.0686. The van der Waals surface area contributed by atoms with Crippen molar-refractivity contribution in [1.29, 1.82) is 0 Å². The first-order valence-corrected chi connectivity index (χ1v) is 8.35. The number of hydrogen-bond acceptors (Lipinski definition) is 2. The fourth-order valence-electron chi connectivity index (χ4n) is 2.95. The van der Waals surface area contributed by atoms with Gasteiger partial charge < -0.3 is 4.90 Å². The minimum Gasteiger partial charge on any atom is -0.339 e. The number of nitrogens with zero attached hydrogens (tertiary/aromatic N) is 2. The first-order valence-electron chi connectivity index (χ1n) is 7.98. The predicted octanol–water partition coefficient (Wildman–Crippen LogP) is 4.51. The highest BCUT2D eigenvalue weighted by Crippen LogP contribution is 2.24. The molecule has 116 valence electrons. The van der Waals surface area contributed by atoms with Gasteiger partial charge in [0.1, 0.15) is 5.15 Å². The summed E-state index contributed by atoms with van der Waals surface area (Å²) in [4.78, 5) is 18.9. The standard InChI is InChI=1S/C17H25ClN2O/c1-4-5-13-6-8-20(9-7-13)17(21)14-10-15(12(2)3)19-16(18)11-14/h10-13H,4-9H2,1-3H3. The van der Waals surface area contributed by atoms with Crippen LogP contribution in [-0.2, 0) is 0 Å². The Kier molecular flexibility index (Phi) is 5.63. The van der Waals surface area contributed by atoms with Crippen molar-refractivity contribution >= 4 is 17.5 Å². The van der Waals surface area contributed by atoms with Crippen LogP contribution in [0.2, 0.25) is 5.15 Å². The Hall–Kier alpha value is -1.09. The molecular formula is C17H25ClN2O. The van der Waals surface area contributed by atoms with Gasteiger partial charge in [0.2, 0.25) is 0 Å². The van der Waals surface area contributed by atoms with E-state index in [0.29, 0.717) is 10.7 Å². The number of aromatic nitrogens is 1. The maximum atomic E-state index is 12.6. The van der Waals surface area contributed by atoms with Crippen LogP contribution >= 0.6 is 11.6 Å². The Morgan fingerprint density at radius 2 is 2.05 bits per heavy atom. The molecule has 0 saturated carbocycles. The molecule has 1 saturated heterocycles. The van der Waals surface area contributed by atoms with Gasteiger partial charge in [0.15, 0.2) is 0 Å². The Morgan fingerprint density at radius 3 is 2.62 bits per heavy atom. The van der Waals surface area contributed by atoms with Gasteiger partial charge in [0.05, 0.1) is 0 Å². The largest absolute Gasteiger partial charge is 0.339 e. The molecule has 2 rings (SSSR count). The van der Waals surface area contributed by atoms with E-state index in [9.17, 15) is 4.79 Å². The molecule has 1 aliphatic heterocycles. The van der Waals surface area contributed by atoms with Crippen LogP contribution in [0, 0.1) is 5.92 Å². The molecule has 0 unspecified atom stereocenters.